The molecular formula is C24H36N4O3. The van der Waals surface area contributed by atoms with Gasteiger partial charge in [-0.15, -0.1) is 0 Å². The normalized spacial score (nSPS) is 44.4. The highest BCUT2D eigenvalue weighted by molar-refractivity contribution is 5.84. The molecule has 0 radical (unpaired) electrons. The van der Waals surface area contributed by atoms with E-state index in [1.807, 2.05) is 30.8 Å². The summed E-state index contributed by atoms with van der Waals surface area (Å²) in [6.07, 6.45) is 8.35. The van der Waals surface area contributed by atoms with Crippen molar-refractivity contribution in [2.45, 2.75) is 94.5 Å². The predicted octanol–water partition coefficient (Wildman–Crippen LogP) is 2.05. The minimum Gasteiger partial charge on any atom is -0.458 e. The zero-order chi connectivity index (χ0) is 22.1. The van der Waals surface area contributed by atoms with Crippen molar-refractivity contribution in [2.75, 3.05) is 14.1 Å². The van der Waals surface area contributed by atoms with E-state index in [2.05, 4.69) is 6.07 Å². The molecule has 5 aliphatic carbocycles. The van der Waals surface area contributed by atoms with Crippen molar-refractivity contribution < 1.29 is 14.3 Å². The van der Waals surface area contributed by atoms with E-state index in [1.54, 1.807) is 0 Å². The second-order valence-electron chi connectivity index (χ2n) is 11.6. The first-order valence-corrected chi connectivity index (χ1v) is 12.0. The van der Waals surface area contributed by atoms with Crippen LogP contribution in [0.25, 0.3) is 0 Å². The number of nitrogens with two attached hydrogens (primary N) is 1. The quantitative estimate of drug-likeness (QED) is 0.673. The third-order valence-electron chi connectivity index (χ3n) is 9.27. The molecule has 0 aromatic rings. The predicted molar refractivity (Wildman–Crippen MR) is 114 cm³/mol. The Balaban J connectivity index is 1.41. The highest BCUT2D eigenvalue weighted by atomic mass is 16.6. The zero-order valence-electron chi connectivity index (χ0n) is 19.0. The lowest BCUT2D eigenvalue weighted by molar-refractivity contribution is -0.185. The molecule has 4 bridgehead atoms. The summed E-state index contributed by atoms with van der Waals surface area (Å²) >= 11 is 0. The first-order valence-electron chi connectivity index (χ1n) is 12.0. The van der Waals surface area contributed by atoms with Gasteiger partial charge in [0, 0.05) is 6.04 Å². The summed E-state index contributed by atoms with van der Waals surface area (Å²) < 4.78 is 6.29. The molecular weight excluding hydrogens is 392 g/mol. The molecule has 170 valence electrons. The number of piperidine rings is 1. The molecule has 0 aromatic carbocycles. The molecule has 2 N–H and O–H groups in total. The lowest BCUT2D eigenvalue weighted by atomic mass is 9.57. The summed E-state index contributed by atoms with van der Waals surface area (Å²) in [6.45, 7) is 1.88. The van der Waals surface area contributed by atoms with E-state index >= 15 is 0 Å². The van der Waals surface area contributed by atoms with Crippen LogP contribution in [0.1, 0.15) is 64.7 Å². The Morgan fingerprint density at radius 2 is 1.94 bits per heavy atom. The Morgan fingerprint density at radius 3 is 2.65 bits per heavy atom. The standard InChI is InChI=1S/C24H36N4O3/c1-14(27(2)3)22(30)31-24-10-15-4-5-23(13-24,9-16(6-15)11-24)20(26)21(29)28-18(12-25)7-17-8-19(17)28/h14-20H,4-11,13,26H2,1-3H3. The number of carbonyl (C=O) groups excluding carboxylic acids is 2. The molecule has 5 saturated carbocycles. The van der Waals surface area contributed by atoms with Crippen molar-refractivity contribution in [1.29, 1.82) is 5.26 Å². The van der Waals surface area contributed by atoms with Gasteiger partial charge >= 0.3 is 5.97 Å². The van der Waals surface area contributed by atoms with Gasteiger partial charge in [0.25, 0.3) is 0 Å². The van der Waals surface area contributed by atoms with Crippen LogP contribution in [0.3, 0.4) is 0 Å². The SMILES string of the molecule is CC(C(=O)OC12CC3CCC(C(N)C(=O)N4C(C#N)CC5CC54)(CC(C3)C1)C2)N(C)C. The average molecular weight is 429 g/mol. The van der Waals surface area contributed by atoms with E-state index in [0.29, 0.717) is 24.2 Å². The summed E-state index contributed by atoms with van der Waals surface area (Å²) in [5.41, 5.74) is 5.98. The van der Waals surface area contributed by atoms with Crippen LogP contribution in [0.4, 0.5) is 0 Å². The van der Waals surface area contributed by atoms with Crippen molar-refractivity contribution in [3.63, 3.8) is 0 Å². The molecule has 6 aliphatic rings. The zero-order valence-corrected chi connectivity index (χ0v) is 19.0. The van der Waals surface area contributed by atoms with Crippen LogP contribution >= 0.6 is 0 Å². The van der Waals surface area contributed by atoms with Gasteiger partial charge in [0.05, 0.1) is 12.1 Å². The number of ether oxygens (including phenoxy) is 1. The summed E-state index contributed by atoms with van der Waals surface area (Å²) in [5, 5.41) is 9.57. The minimum absolute atomic E-state index is 0.0422. The lowest BCUT2D eigenvalue weighted by Gasteiger charge is -2.53. The molecule has 6 rings (SSSR count). The number of hydrogen-bond donors (Lipinski definition) is 1. The summed E-state index contributed by atoms with van der Waals surface area (Å²) in [5.74, 6) is 1.26. The van der Waals surface area contributed by atoms with Crippen LogP contribution < -0.4 is 5.73 Å². The van der Waals surface area contributed by atoms with Crippen LogP contribution in [-0.2, 0) is 14.3 Å². The number of rotatable bonds is 5. The minimum atomic E-state index is -0.619. The van der Waals surface area contributed by atoms with E-state index in [9.17, 15) is 14.9 Å². The molecule has 1 saturated heterocycles. The Hall–Kier alpha value is -1.65. The maximum absolute atomic E-state index is 13.6. The summed E-state index contributed by atoms with van der Waals surface area (Å²) in [6, 6.07) is 1.30. The number of nitrogens with zero attached hydrogens (tertiary/aromatic N) is 3. The molecule has 0 spiro atoms. The van der Waals surface area contributed by atoms with E-state index in [0.717, 1.165) is 51.4 Å². The fourth-order valence-electron chi connectivity index (χ4n) is 7.60. The third-order valence-corrected chi connectivity index (χ3v) is 9.27. The Morgan fingerprint density at radius 1 is 1.19 bits per heavy atom. The number of carbonyl (C=O) groups is 2. The number of esters is 1. The monoisotopic (exact) mass is 428 g/mol. The molecule has 0 aromatic heterocycles. The van der Waals surface area contributed by atoms with Crippen molar-refractivity contribution in [2.24, 2.45) is 28.9 Å². The second-order valence-corrected chi connectivity index (χ2v) is 11.6. The Bertz CT molecular complexity index is 824. The van der Waals surface area contributed by atoms with Crippen molar-refractivity contribution in [3.05, 3.63) is 0 Å². The van der Waals surface area contributed by atoms with Gasteiger partial charge in [-0.25, -0.2) is 0 Å². The Kier molecular flexibility index (Phi) is 4.91. The number of hydrogen-bond acceptors (Lipinski definition) is 6. The first-order chi connectivity index (χ1) is 14.7. The van der Waals surface area contributed by atoms with E-state index in [4.69, 9.17) is 10.5 Å². The molecule has 1 aliphatic heterocycles. The van der Waals surface area contributed by atoms with Gasteiger partial charge in [-0.1, -0.05) is 0 Å². The maximum atomic E-state index is 13.6. The number of fused-ring (bicyclic) bond motifs is 2. The summed E-state index contributed by atoms with van der Waals surface area (Å²) in [7, 11) is 3.78. The highest BCUT2D eigenvalue weighted by Gasteiger charge is 2.62. The fourth-order valence-corrected chi connectivity index (χ4v) is 7.60. The van der Waals surface area contributed by atoms with E-state index < -0.39 is 11.6 Å². The molecule has 31 heavy (non-hydrogen) atoms. The topological polar surface area (TPSA) is 99.7 Å². The number of amides is 1. The van der Waals surface area contributed by atoms with Gasteiger partial charge in [0.2, 0.25) is 5.91 Å². The van der Waals surface area contributed by atoms with Gasteiger partial charge in [-0.2, -0.15) is 5.26 Å². The van der Waals surface area contributed by atoms with Crippen LogP contribution in [0.5, 0.6) is 0 Å². The van der Waals surface area contributed by atoms with E-state index in [1.165, 1.54) is 0 Å². The van der Waals surface area contributed by atoms with Gasteiger partial charge in [-0.3, -0.25) is 14.5 Å². The highest BCUT2D eigenvalue weighted by Crippen LogP contribution is 2.61. The molecule has 1 heterocycles. The Labute approximate surface area is 185 Å². The van der Waals surface area contributed by atoms with Crippen LogP contribution in [0, 0.1) is 34.5 Å². The number of nitriles is 1. The molecule has 6 fully saturated rings. The molecule has 9 atom stereocenters. The summed E-state index contributed by atoms with van der Waals surface area (Å²) in [4.78, 5) is 30.3. The molecule has 7 heteroatoms. The maximum Gasteiger partial charge on any atom is 0.323 e. The van der Waals surface area contributed by atoms with Gasteiger partial charge in [0.15, 0.2) is 0 Å². The van der Waals surface area contributed by atoms with Crippen molar-refractivity contribution >= 4 is 11.9 Å². The second kappa shape index (κ2) is 7.18. The van der Waals surface area contributed by atoms with Crippen LogP contribution in [-0.4, -0.2) is 65.5 Å². The van der Waals surface area contributed by atoms with Gasteiger partial charge in [0.1, 0.15) is 17.7 Å². The fraction of sp³-hybridized carbons (Fsp3) is 0.875. The number of likely N-dealkylation sites (N-methyl/N-ethyl adjacent to an activating group) is 1. The third kappa shape index (κ3) is 3.38. The van der Waals surface area contributed by atoms with Gasteiger partial charge < -0.3 is 15.4 Å². The first kappa shape index (κ1) is 21.2. The molecule has 1 amide bonds. The molecule has 7 nitrogen and oxygen atoms in total. The van der Waals surface area contributed by atoms with Crippen molar-refractivity contribution in [1.82, 2.24) is 9.80 Å². The van der Waals surface area contributed by atoms with Crippen molar-refractivity contribution in [3.8, 4) is 6.07 Å². The van der Waals surface area contributed by atoms with Crippen LogP contribution in [0.2, 0.25) is 0 Å². The largest absolute Gasteiger partial charge is 0.458 e. The van der Waals surface area contributed by atoms with Crippen LogP contribution in [0.15, 0.2) is 0 Å². The lowest BCUT2D eigenvalue weighted by Crippen LogP contribution is -2.60. The number of likely N-dealkylation sites (tertiary alicyclic amines) is 1. The smallest absolute Gasteiger partial charge is 0.323 e. The van der Waals surface area contributed by atoms with Gasteiger partial charge in [-0.05, 0) is 102 Å². The molecule has 9 unspecified atom stereocenters. The van der Waals surface area contributed by atoms with E-state index in [-0.39, 0.29) is 35.4 Å². The average Bonchev–Trinajstić information content (AvgIpc) is 3.43.